The first-order chi connectivity index (χ1) is 12.0. The summed E-state index contributed by atoms with van der Waals surface area (Å²) in [5.74, 6) is -0.309. The van der Waals surface area contributed by atoms with Crippen LogP contribution in [0.2, 0.25) is 0 Å². The number of H-pyrrole nitrogens is 1. The van der Waals surface area contributed by atoms with Gasteiger partial charge in [0.25, 0.3) is 0 Å². The van der Waals surface area contributed by atoms with Crippen molar-refractivity contribution in [2.75, 3.05) is 0 Å². The number of rotatable bonds is 2. The molecule has 1 aliphatic rings. The number of aromatic amines is 1. The van der Waals surface area contributed by atoms with Crippen molar-refractivity contribution in [3.63, 3.8) is 0 Å². The van der Waals surface area contributed by atoms with Crippen LogP contribution in [0.3, 0.4) is 0 Å². The molecule has 0 atom stereocenters. The zero-order chi connectivity index (χ0) is 19.5. The zero-order valence-electron chi connectivity index (χ0n) is 16.0. The number of pyridine rings is 1. The average molecular weight is 362 g/mol. The molecule has 0 aliphatic carbocycles. The van der Waals surface area contributed by atoms with Gasteiger partial charge in [-0.2, -0.15) is 10.2 Å². The molecule has 0 radical (unpaired) electrons. The van der Waals surface area contributed by atoms with Crippen molar-refractivity contribution in [2.24, 2.45) is 5.92 Å². The summed E-state index contributed by atoms with van der Waals surface area (Å²) in [5.41, 5.74) is 1.38. The number of carboxylic acids is 1. The molecule has 0 bridgehead atoms. The number of hydrogen-bond acceptors (Lipinski definition) is 5. The van der Waals surface area contributed by atoms with Gasteiger partial charge in [-0.05, 0) is 64.7 Å². The van der Waals surface area contributed by atoms with Crippen molar-refractivity contribution in [1.29, 1.82) is 0 Å². The number of carbonyl (C=O) groups is 1. The lowest BCUT2D eigenvalue weighted by atomic mass is 9.76. The average Bonchev–Trinajstić information content (AvgIpc) is 3.03. The number of hydrogen-bond donors (Lipinski definition) is 3. The lowest BCUT2D eigenvalue weighted by Crippen LogP contribution is -2.58. The number of nitrogens with one attached hydrogen (secondary N) is 1. The monoisotopic (exact) mass is 362 g/mol. The van der Waals surface area contributed by atoms with Crippen LogP contribution in [0, 0.1) is 5.92 Å². The predicted octanol–water partition coefficient (Wildman–Crippen LogP) is 4.08. The van der Waals surface area contributed by atoms with E-state index < -0.39 is 5.97 Å². The molecule has 0 saturated carbocycles. The van der Waals surface area contributed by atoms with E-state index in [0.717, 1.165) is 18.4 Å². The van der Waals surface area contributed by atoms with Crippen LogP contribution in [0.4, 0.5) is 0 Å². The summed E-state index contributed by atoms with van der Waals surface area (Å²) in [6.45, 7) is 10.7. The minimum absolute atomic E-state index is 0. The molecule has 144 valence electrons. The first kappa shape index (κ1) is 20.1. The third-order valence-corrected chi connectivity index (χ3v) is 4.63. The summed E-state index contributed by atoms with van der Waals surface area (Å²) in [6, 6.07) is 5.02. The van der Waals surface area contributed by atoms with Gasteiger partial charge in [0.05, 0.1) is 5.69 Å². The fraction of sp³-hybridized carbons (Fsp3) is 0.526. The van der Waals surface area contributed by atoms with Crippen molar-refractivity contribution in [1.82, 2.24) is 20.2 Å². The quantitative estimate of drug-likeness (QED) is 0.744. The van der Waals surface area contributed by atoms with Gasteiger partial charge in [0, 0.05) is 30.5 Å². The van der Waals surface area contributed by atoms with E-state index in [4.69, 9.17) is 5.11 Å². The summed E-state index contributed by atoms with van der Waals surface area (Å²) in [4.78, 5) is 14.4. The molecule has 3 rings (SSSR count). The summed E-state index contributed by atoms with van der Waals surface area (Å²) >= 11 is 0. The lowest BCUT2D eigenvalue weighted by Gasteiger charge is -2.50. The van der Waals surface area contributed by atoms with Crippen molar-refractivity contribution in [3.05, 3.63) is 36.3 Å². The Hall–Kier alpha value is -2.25. The summed E-state index contributed by atoms with van der Waals surface area (Å²) in [6.07, 6.45) is 5.41. The molecular formula is C19H30N4O3. The van der Waals surface area contributed by atoms with Crippen LogP contribution in [0.1, 0.15) is 59.4 Å². The number of carboxylic acid groups (broad SMARTS) is 1. The molecule has 0 unspecified atom stereocenters. The van der Waals surface area contributed by atoms with Crippen LogP contribution in [0.15, 0.2) is 30.6 Å². The van der Waals surface area contributed by atoms with Crippen LogP contribution in [0.5, 0.6) is 0 Å². The maximum Gasteiger partial charge on any atom is 0.353 e. The summed E-state index contributed by atoms with van der Waals surface area (Å²) in [5, 5.41) is 26.4. The zero-order valence-corrected chi connectivity index (χ0v) is 16.0. The highest BCUT2D eigenvalue weighted by atomic mass is 16.5. The first-order valence-electron chi connectivity index (χ1n) is 8.71. The normalized spacial score (nSPS) is 19.5. The molecule has 0 spiro atoms. The Balaban J connectivity index is 0.000000264. The maximum atomic E-state index is 10.6. The van der Waals surface area contributed by atoms with Gasteiger partial charge in [0.2, 0.25) is 0 Å². The van der Waals surface area contributed by atoms with Gasteiger partial charge in [0.15, 0.2) is 0 Å². The number of aromatic carboxylic acids is 1. The van der Waals surface area contributed by atoms with Crippen LogP contribution in [-0.2, 0) is 0 Å². The third-order valence-electron chi connectivity index (χ3n) is 4.63. The number of nitrogens with zero attached hydrogens (tertiary/aromatic N) is 3. The molecule has 0 aromatic carbocycles. The number of hydroxylamine groups is 2. The molecule has 2 aromatic heterocycles. The fourth-order valence-corrected chi connectivity index (χ4v) is 3.87. The van der Waals surface area contributed by atoms with Gasteiger partial charge in [-0.15, -0.1) is 0 Å². The Kier molecular flexibility index (Phi) is 5.83. The van der Waals surface area contributed by atoms with Gasteiger partial charge < -0.3 is 10.3 Å². The third kappa shape index (κ3) is 4.68. The highest BCUT2D eigenvalue weighted by molar-refractivity contribution is 5.86. The van der Waals surface area contributed by atoms with E-state index in [0.29, 0.717) is 11.6 Å². The highest BCUT2D eigenvalue weighted by Gasteiger charge is 2.43. The first-order valence-corrected chi connectivity index (χ1v) is 8.71. The molecule has 7 heteroatoms. The van der Waals surface area contributed by atoms with E-state index in [9.17, 15) is 10.0 Å². The van der Waals surface area contributed by atoms with Gasteiger partial charge in [-0.1, -0.05) is 6.92 Å². The largest absolute Gasteiger partial charge is 0.477 e. The Morgan fingerprint density at radius 1 is 1.23 bits per heavy atom. The van der Waals surface area contributed by atoms with Crippen molar-refractivity contribution < 1.29 is 16.5 Å². The van der Waals surface area contributed by atoms with Gasteiger partial charge in [-0.3, -0.25) is 10.1 Å². The molecule has 26 heavy (non-hydrogen) atoms. The lowest BCUT2D eigenvalue weighted by molar-refractivity contribution is -0.249. The van der Waals surface area contributed by atoms with E-state index in [1.807, 2.05) is 0 Å². The van der Waals surface area contributed by atoms with Gasteiger partial charge >= 0.3 is 5.97 Å². The maximum absolute atomic E-state index is 10.6. The minimum atomic E-state index is -1.02. The molecule has 7 nitrogen and oxygen atoms in total. The standard InChI is InChI=1S/C10H21NO.C9H7N3O2.H2/c1-8-6-9(2,3)11(12)10(4,5)7-8;13-9(14)8-5-7(11-12-8)6-1-3-10-4-2-6;/h8,12H,6-7H2,1-5H3;1-5H,(H,11,12)(H,13,14);1H. The Morgan fingerprint density at radius 3 is 2.23 bits per heavy atom. The fourth-order valence-electron chi connectivity index (χ4n) is 3.87. The van der Waals surface area contributed by atoms with E-state index in [2.05, 4.69) is 49.8 Å². The van der Waals surface area contributed by atoms with Gasteiger partial charge in [0.1, 0.15) is 5.69 Å². The van der Waals surface area contributed by atoms with Gasteiger partial charge in [-0.25, -0.2) is 4.79 Å². The molecule has 2 aromatic rings. The van der Waals surface area contributed by atoms with Crippen LogP contribution >= 0.6 is 0 Å². The predicted molar refractivity (Wildman–Crippen MR) is 101 cm³/mol. The Morgan fingerprint density at radius 2 is 1.77 bits per heavy atom. The second kappa shape index (κ2) is 7.55. The Bertz CT molecular complexity index is 728. The second-order valence-electron chi connectivity index (χ2n) is 8.16. The van der Waals surface area contributed by atoms with E-state index in [1.54, 1.807) is 24.5 Å². The molecule has 1 saturated heterocycles. The Labute approximate surface area is 155 Å². The summed E-state index contributed by atoms with van der Waals surface area (Å²) in [7, 11) is 0. The molecule has 0 amide bonds. The van der Waals surface area contributed by atoms with E-state index in [1.165, 1.54) is 11.1 Å². The van der Waals surface area contributed by atoms with Crippen LogP contribution in [-0.4, -0.2) is 47.6 Å². The van der Waals surface area contributed by atoms with Crippen LogP contribution in [0.25, 0.3) is 11.3 Å². The minimum Gasteiger partial charge on any atom is -0.477 e. The number of aromatic nitrogens is 3. The van der Waals surface area contributed by atoms with Crippen molar-refractivity contribution in [3.8, 4) is 11.3 Å². The van der Waals surface area contributed by atoms with Crippen molar-refractivity contribution >= 4 is 5.97 Å². The SMILES string of the molecule is CC1CC(C)(C)N(O)C(C)(C)C1.O=C(O)c1cc(-c2ccncc2)n[nH]1.[HH]. The molecule has 3 N–H and O–H groups in total. The van der Waals surface area contributed by atoms with E-state index in [-0.39, 0.29) is 18.2 Å². The van der Waals surface area contributed by atoms with Crippen LogP contribution < -0.4 is 0 Å². The number of piperidine rings is 1. The summed E-state index contributed by atoms with van der Waals surface area (Å²) < 4.78 is 0. The molecule has 1 aliphatic heterocycles. The molecule has 1 fully saturated rings. The second-order valence-corrected chi connectivity index (χ2v) is 8.16. The smallest absolute Gasteiger partial charge is 0.353 e. The van der Waals surface area contributed by atoms with E-state index >= 15 is 0 Å². The van der Waals surface area contributed by atoms with Crippen molar-refractivity contribution in [2.45, 2.75) is 58.5 Å². The molecular weight excluding hydrogens is 332 g/mol. The highest BCUT2D eigenvalue weighted by Crippen LogP contribution is 2.39. The topological polar surface area (TPSA) is 102 Å². The molecule has 3 heterocycles.